The lowest BCUT2D eigenvalue weighted by Crippen LogP contribution is -1.98. The molecule has 7 rings (SSSR count). The van der Waals surface area contributed by atoms with Gasteiger partial charge in [-0.15, -0.1) is 0 Å². The van der Waals surface area contributed by atoms with Crippen molar-refractivity contribution in [1.29, 1.82) is 0 Å². The number of para-hydroxylation sites is 1. The van der Waals surface area contributed by atoms with Gasteiger partial charge in [0.1, 0.15) is 0 Å². The number of rotatable bonds is 3. The number of pyridine rings is 1. The second-order valence-corrected chi connectivity index (χ2v) is 9.43. The standard InChI is InChI=1S/C33H20ClN3/c34-24-17-15-23(16-18-24)30-26-19-20-28-33(29(26)25-13-7-8-14-27(25)35-30)37-32(22-11-5-2-6-12-22)31(36-28)21-9-3-1-4-10-21/h1-20H. The zero-order valence-electron chi connectivity index (χ0n) is 19.8. The molecule has 0 saturated carbocycles. The zero-order chi connectivity index (χ0) is 24.8. The van der Waals surface area contributed by atoms with Crippen LogP contribution in [-0.4, -0.2) is 15.0 Å². The first-order valence-electron chi connectivity index (χ1n) is 12.2. The molecule has 0 aliphatic carbocycles. The van der Waals surface area contributed by atoms with E-state index in [1.165, 1.54) is 0 Å². The van der Waals surface area contributed by atoms with Gasteiger partial charge >= 0.3 is 0 Å². The van der Waals surface area contributed by atoms with Gasteiger partial charge in [-0.05, 0) is 30.3 Å². The second kappa shape index (κ2) is 8.81. The summed E-state index contributed by atoms with van der Waals surface area (Å²) in [6.45, 7) is 0. The van der Waals surface area contributed by atoms with Crippen molar-refractivity contribution in [3.05, 3.63) is 126 Å². The van der Waals surface area contributed by atoms with Gasteiger partial charge in [0.2, 0.25) is 0 Å². The molecule has 0 amide bonds. The second-order valence-electron chi connectivity index (χ2n) is 8.99. The molecule has 5 aromatic carbocycles. The molecule has 2 heterocycles. The molecule has 2 aromatic heterocycles. The molecule has 7 aromatic rings. The molecule has 0 saturated heterocycles. The summed E-state index contributed by atoms with van der Waals surface area (Å²) in [5, 5.41) is 3.85. The smallest absolute Gasteiger partial charge is 0.0980 e. The van der Waals surface area contributed by atoms with Crippen molar-refractivity contribution in [2.75, 3.05) is 0 Å². The Labute approximate surface area is 219 Å². The van der Waals surface area contributed by atoms with Crippen LogP contribution in [0.3, 0.4) is 0 Å². The van der Waals surface area contributed by atoms with Crippen LogP contribution in [0.2, 0.25) is 5.02 Å². The van der Waals surface area contributed by atoms with E-state index in [1.807, 2.05) is 72.8 Å². The number of hydrogen-bond donors (Lipinski definition) is 0. The zero-order valence-corrected chi connectivity index (χ0v) is 20.5. The van der Waals surface area contributed by atoms with Gasteiger partial charge in [-0.2, -0.15) is 0 Å². The molecule has 0 radical (unpaired) electrons. The average molecular weight is 494 g/mol. The van der Waals surface area contributed by atoms with E-state index in [0.717, 1.165) is 66.5 Å². The van der Waals surface area contributed by atoms with Crippen molar-refractivity contribution in [3.8, 4) is 33.8 Å². The molecule has 0 aliphatic rings. The molecule has 0 bridgehead atoms. The van der Waals surface area contributed by atoms with Crippen molar-refractivity contribution in [2.24, 2.45) is 0 Å². The molecule has 3 nitrogen and oxygen atoms in total. The lowest BCUT2D eigenvalue weighted by Gasteiger charge is -2.15. The van der Waals surface area contributed by atoms with E-state index in [0.29, 0.717) is 5.02 Å². The first-order chi connectivity index (χ1) is 18.3. The van der Waals surface area contributed by atoms with Crippen LogP contribution >= 0.6 is 11.6 Å². The highest BCUT2D eigenvalue weighted by Gasteiger charge is 2.18. The molecule has 0 N–H and O–H groups in total. The summed E-state index contributed by atoms with van der Waals surface area (Å²) in [6, 6.07) is 40.8. The van der Waals surface area contributed by atoms with Crippen LogP contribution in [0, 0.1) is 0 Å². The highest BCUT2D eigenvalue weighted by molar-refractivity contribution is 6.30. The predicted octanol–water partition coefficient (Wildman–Crippen LogP) is 8.99. The minimum Gasteiger partial charge on any atom is -0.247 e. The SMILES string of the molecule is Clc1ccc(-c2nc3ccccc3c3c2ccc2nc(-c4ccccc4)c(-c4ccccc4)nc23)cc1. The molecule has 174 valence electrons. The van der Waals surface area contributed by atoms with Gasteiger partial charge in [-0.3, -0.25) is 0 Å². The van der Waals surface area contributed by atoms with E-state index in [2.05, 4.69) is 48.5 Å². The van der Waals surface area contributed by atoms with Crippen LogP contribution in [-0.2, 0) is 0 Å². The third-order valence-electron chi connectivity index (χ3n) is 6.71. The van der Waals surface area contributed by atoms with Crippen LogP contribution in [0.5, 0.6) is 0 Å². The number of fused-ring (bicyclic) bond motifs is 5. The number of benzene rings is 5. The van der Waals surface area contributed by atoms with Crippen LogP contribution < -0.4 is 0 Å². The fourth-order valence-electron chi connectivity index (χ4n) is 4.98. The summed E-state index contributed by atoms with van der Waals surface area (Å²) in [5.41, 5.74) is 8.35. The minimum atomic E-state index is 0.700. The summed E-state index contributed by atoms with van der Waals surface area (Å²) in [6.07, 6.45) is 0. The maximum atomic E-state index is 6.19. The van der Waals surface area contributed by atoms with Crippen molar-refractivity contribution in [3.63, 3.8) is 0 Å². The Bertz CT molecular complexity index is 1920. The van der Waals surface area contributed by atoms with Gasteiger partial charge in [0.25, 0.3) is 0 Å². The minimum absolute atomic E-state index is 0.700. The van der Waals surface area contributed by atoms with Crippen LogP contribution in [0.15, 0.2) is 121 Å². The summed E-state index contributed by atoms with van der Waals surface area (Å²) in [4.78, 5) is 15.6. The molecule has 0 spiro atoms. The van der Waals surface area contributed by atoms with E-state index >= 15 is 0 Å². The first-order valence-corrected chi connectivity index (χ1v) is 12.5. The number of nitrogens with zero attached hydrogens (tertiary/aromatic N) is 3. The summed E-state index contributed by atoms with van der Waals surface area (Å²) in [5.74, 6) is 0. The third kappa shape index (κ3) is 3.72. The maximum absolute atomic E-state index is 6.19. The fraction of sp³-hybridized carbons (Fsp3) is 0. The molecular formula is C33H20ClN3. The van der Waals surface area contributed by atoms with Crippen molar-refractivity contribution < 1.29 is 0 Å². The van der Waals surface area contributed by atoms with Crippen molar-refractivity contribution in [1.82, 2.24) is 15.0 Å². The van der Waals surface area contributed by atoms with Gasteiger partial charge in [0, 0.05) is 37.9 Å². The highest BCUT2D eigenvalue weighted by Crippen LogP contribution is 2.38. The summed E-state index contributed by atoms with van der Waals surface area (Å²) in [7, 11) is 0. The average Bonchev–Trinajstić information content (AvgIpc) is 2.97. The van der Waals surface area contributed by atoms with Crippen LogP contribution in [0.4, 0.5) is 0 Å². The molecule has 0 unspecified atom stereocenters. The Morgan fingerprint density at radius 2 is 0.973 bits per heavy atom. The third-order valence-corrected chi connectivity index (χ3v) is 6.96. The van der Waals surface area contributed by atoms with E-state index in [4.69, 9.17) is 26.6 Å². The Hall–Kier alpha value is -4.60. The largest absolute Gasteiger partial charge is 0.247 e. The monoisotopic (exact) mass is 493 g/mol. The lowest BCUT2D eigenvalue weighted by atomic mass is 9.97. The fourth-order valence-corrected chi connectivity index (χ4v) is 5.10. The molecule has 0 atom stereocenters. The number of halogens is 1. The Morgan fingerprint density at radius 1 is 0.405 bits per heavy atom. The van der Waals surface area contributed by atoms with E-state index < -0.39 is 0 Å². The van der Waals surface area contributed by atoms with Crippen LogP contribution in [0.25, 0.3) is 66.5 Å². The van der Waals surface area contributed by atoms with Crippen LogP contribution in [0.1, 0.15) is 0 Å². The predicted molar refractivity (Wildman–Crippen MR) is 154 cm³/mol. The normalized spacial score (nSPS) is 11.4. The van der Waals surface area contributed by atoms with Gasteiger partial charge in [-0.1, -0.05) is 103 Å². The molecule has 37 heavy (non-hydrogen) atoms. The van der Waals surface area contributed by atoms with Crippen molar-refractivity contribution >= 4 is 44.3 Å². The van der Waals surface area contributed by atoms with Gasteiger partial charge in [-0.25, -0.2) is 15.0 Å². The quantitative estimate of drug-likeness (QED) is 0.230. The van der Waals surface area contributed by atoms with Gasteiger partial charge in [0.15, 0.2) is 0 Å². The Balaban J connectivity index is 1.63. The Morgan fingerprint density at radius 3 is 1.68 bits per heavy atom. The summed E-state index contributed by atoms with van der Waals surface area (Å²) >= 11 is 6.19. The molecule has 4 heteroatoms. The highest BCUT2D eigenvalue weighted by atomic mass is 35.5. The van der Waals surface area contributed by atoms with Gasteiger partial charge in [0.05, 0.1) is 33.6 Å². The maximum Gasteiger partial charge on any atom is 0.0980 e. The van der Waals surface area contributed by atoms with E-state index in [-0.39, 0.29) is 0 Å². The topological polar surface area (TPSA) is 38.7 Å². The lowest BCUT2D eigenvalue weighted by molar-refractivity contribution is 1.30. The summed E-state index contributed by atoms with van der Waals surface area (Å²) < 4.78 is 0. The number of aromatic nitrogens is 3. The van der Waals surface area contributed by atoms with Gasteiger partial charge < -0.3 is 0 Å². The number of hydrogen-bond acceptors (Lipinski definition) is 3. The first kappa shape index (κ1) is 21.7. The molecule has 0 aliphatic heterocycles. The van der Waals surface area contributed by atoms with E-state index in [1.54, 1.807) is 0 Å². The van der Waals surface area contributed by atoms with Crippen molar-refractivity contribution in [2.45, 2.75) is 0 Å². The molecular weight excluding hydrogens is 474 g/mol. The Kier molecular flexibility index (Phi) is 5.16. The van der Waals surface area contributed by atoms with E-state index in [9.17, 15) is 0 Å². The molecule has 0 fully saturated rings.